The van der Waals surface area contributed by atoms with E-state index < -0.39 is 0 Å². The van der Waals surface area contributed by atoms with Crippen LogP contribution in [0.5, 0.6) is 0 Å². The SMILES string of the molecule is CCCCCCCCCCCC[NH+]1C=CC=C1CC.[C-]#N. The van der Waals surface area contributed by atoms with Gasteiger partial charge in [0.25, 0.3) is 0 Å². The highest BCUT2D eigenvalue weighted by Gasteiger charge is 2.13. The summed E-state index contributed by atoms with van der Waals surface area (Å²) in [4.78, 5) is 1.60. The van der Waals surface area contributed by atoms with Crippen LogP contribution in [0.4, 0.5) is 0 Å². The Labute approximate surface area is 132 Å². The Hall–Kier alpha value is -1.07. The average Bonchev–Trinajstić information content (AvgIpc) is 2.98. The number of hydrogen-bond donors (Lipinski definition) is 1. The van der Waals surface area contributed by atoms with Crippen LogP contribution in [0.2, 0.25) is 0 Å². The van der Waals surface area contributed by atoms with Gasteiger partial charge in [-0.2, -0.15) is 0 Å². The van der Waals surface area contributed by atoms with Crippen LogP contribution in [0.15, 0.2) is 24.0 Å². The lowest BCUT2D eigenvalue weighted by atomic mass is 10.1. The van der Waals surface area contributed by atoms with Gasteiger partial charge in [-0.1, -0.05) is 65.2 Å². The Balaban J connectivity index is 0.00000191. The predicted molar refractivity (Wildman–Crippen MR) is 90.2 cm³/mol. The van der Waals surface area contributed by atoms with Gasteiger partial charge in [0.2, 0.25) is 0 Å². The summed E-state index contributed by atoms with van der Waals surface area (Å²) in [5.41, 5.74) is 1.57. The minimum Gasteiger partial charge on any atom is -0.512 e. The van der Waals surface area contributed by atoms with Gasteiger partial charge in [0.1, 0.15) is 5.70 Å². The summed E-state index contributed by atoms with van der Waals surface area (Å²) in [5.74, 6) is 0. The molecule has 0 aromatic carbocycles. The van der Waals surface area contributed by atoms with Crippen molar-refractivity contribution in [2.45, 2.75) is 84.5 Å². The van der Waals surface area contributed by atoms with Crippen molar-refractivity contribution in [3.63, 3.8) is 0 Å². The number of quaternary nitrogens is 1. The van der Waals surface area contributed by atoms with E-state index in [0.717, 1.165) is 0 Å². The van der Waals surface area contributed by atoms with Crippen molar-refractivity contribution in [2.24, 2.45) is 0 Å². The predicted octanol–water partition coefficient (Wildman–Crippen LogP) is 4.71. The number of unbranched alkanes of at least 4 members (excludes halogenated alkanes) is 9. The van der Waals surface area contributed by atoms with Crippen molar-refractivity contribution in [1.29, 1.82) is 5.26 Å². The first-order chi connectivity index (χ1) is 10.4. The molecule has 0 radical (unpaired) electrons. The van der Waals surface area contributed by atoms with E-state index in [-0.39, 0.29) is 0 Å². The smallest absolute Gasteiger partial charge is 0.112 e. The average molecular weight is 290 g/mol. The van der Waals surface area contributed by atoms with Crippen LogP contribution in [0.25, 0.3) is 0 Å². The van der Waals surface area contributed by atoms with E-state index in [1.807, 2.05) is 0 Å². The molecule has 1 aliphatic heterocycles. The Morgan fingerprint density at radius 2 is 1.38 bits per heavy atom. The zero-order valence-electron chi connectivity index (χ0n) is 14.2. The van der Waals surface area contributed by atoms with Gasteiger partial charge in [-0.3, -0.25) is 4.90 Å². The van der Waals surface area contributed by atoms with Crippen molar-refractivity contribution < 1.29 is 4.90 Å². The van der Waals surface area contributed by atoms with Crippen molar-refractivity contribution >= 4 is 0 Å². The molecule has 1 rings (SSSR count). The number of hydrogen-bond acceptors (Lipinski definition) is 1. The summed E-state index contributed by atoms with van der Waals surface area (Å²) in [6, 6.07) is 0. The zero-order chi connectivity index (χ0) is 15.8. The first-order valence-electron chi connectivity index (χ1n) is 8.84. The maximum Gasteiger partial charge on any atom is 0.112 e. The van der Waals surface area contributed by atoms with Gasteiger partial charge in [0.05, 0.1) is 12.7 Å². The van der Waals surface area contributed by atoms with E-state index in [9.17, 15) is 0 Å². The summed E-state index contributed by atoms with van der Waals surface area (Å²) < 4.78 is 0. The van der Waals surface area contributed by atoms with E-state index in [0.29, 0.717) is 0 Å². The molecule has 0 aromatic rings. The highest BCUT2D eigenvalue weighted by atomic mass is 15.1. The minimum absolute atomic E-state index is 1.19. The van der Waals surface area contributed by atoms with Crippen LogP contribution >= 0.6 is 0 Å². The monoisotopic (exact) mass is 290 g/mol. The van der Waals surface area contributed by atoms with Crippen LogP contribution in [-0.4, -0.2) is 6.54 Å². The van der Waals surface area contributed by atoms with Crippen LogP contribution in [-0.2, 0) is 0 Å². The standard InChI is InChI=1S/C18H33N.CN/c1-3-5-6-7-8-9-10-11-12-13-16-19-17-14-15-18(19)4-2;1-2/h14-15,17H,3-13,16H2,1-2H3;/q;-1/p+1. The van der Waals surface area contributed by atoms with E-state index >= 15 is 0 Å². The normalized spacial score (nSPS) is 16.4. The topological polar surface area (TPSA) is 28.2 Å². The van der Waals surface area contributed by atoms with E-state index in [4.69, 9.17) is 11.8 Å². The van der Waals surface area contributed by atoms with Gasteiger partial charge in [-0.15, -0.1) is 0 Å². The van der Waals surface area contributed by atoms with Crippen molar-refractivity contribution in [1.82, 2.24) is 0 Å². The van der Waals surface area contributed by atoms with Crippen LogP contribution in [0, 0.1) is 11.8 Å². The van der Waals surface area contributed by atoms with E-state index in [1.54, 1.807) is 10.6 Å². The Bertz CT molecular complexity index is 302. The van der Waals surface area contributed by atoms with Gasteiger partial charge < -0.3 is 11.8 Å². The summed E-state index contributed by atoms with van der Waals surface area (Å²) in [6.45, 7) is 10.6. The van der Waals surface area contributed by atoms with Crippen LogP contribution in [0.1, 0.15) is 84.5 Å². The molecule has 2 heteroatoms. The number of nitrogens with one attached hydrogen (secondary N) is 1. The molecule has 0 saturated carbocycles. The van der Waals surface area contributed by atoms with Gasteiger partial charge in [-0.05, 0) is 18.9 Å². The highest BCUT2D eigenvalue weighted by molar-refractivity contribution is 5.09. The molecular weight excluding hydrogens is 256 g/mol. The molecule has 120 valence electrons. The zero-order valence-corrected chi connectivity index (χ0v) is 14.2. The fourth-order valence-corrected chi connectivity index (χ4v) is 2.89. The molecule has 1 aliphatic rings. The number of allylic oxidation sites excluding steroid dienone is 3. The molecule has 21 heavy (non-hydrogen) atoms. The molecule has 1 atom stereocenters. The van der Waals surface area contributed by atoms with E-state index in [1.165, 1.54) is 77.2 Å². The fourth-order valence-electron chi connectivity index (χ4n) is 2.89. The minimum atomic E-state index is 1.19. The molecule has 1 unspecified atom stereocenters. The van der Waals surface area contributed by atoms with Crippen molar-refractivity contribution in [3.05, 3.63) is 30.6 Å². The summed E-state index contributed by atoms with van der Waals surface area (Å²) in [5, 5.41) is 6.25. The van der Waals surface area contributed by atoms with Gasteiger partial charge in [0, 0.05) is 12.5 Å². The first kappa shape index (κ1) is 19.9. The summed E-state index contributed by atoms with van der Waals surface area (Å²) >= 11 is 0. The van der Waals surface area contributed by atoms with Crippen LogP contribution < -0.4 is 4.90 Å². The third-order valence-electron chi connectivity index (χ3n) is 4.19. The molecule has 0 bridgehead atoms. The molecular formula is C19H34N2. The summed E-state index contributed by atoms with van der Waals surface area (Å²) in [6.07, 6.45) is 22.3. The Kier molecular flexibility index (Phi) is 14.5. The first-order valence-corrected chi connectivity index (χ1v) is 8.84. The second-order valence-electron chi connectivity index (χ2n) is 5.86. The van der Waals surface area contributed by atoms with Crippen molar-refractivity contribution in [2.75, 3.05) is 6.54 Å². The number of nitrogens with zero attached hydrogens (tertiary/aromatic N) is 1. The molecule has 0 spiro atoms. The molecule has 0 aromatic heterocycles. The van der Waals surface area contributed by atoms with Gasteiger partial charge >= 0.3 is 0 Å². The fraction of sp³-hybridized carbons (Fsp3) is 0.737. The third kappa shape index (κ3) is 10.3. The molecule has 0 aliphatic carbocycles. The van der Waals surface area contributed by atoms with E-state index in [2.05, 4.69) is 32.2 Å². The highest BCUT2D eigenvalue weighted by Crippen LogP contribution is 2.10. The Morgan fingerprint density at radius 3 is 1.90 bits per heavy atom. The molecule has 0 saturated heterocycles. The molecule has 1 N–H and O–H groups in total. The van der Waals surface area contributed by atoms with Crippen molar-refractivity contribution in [3.8, 4) is 0 Å². The Morgan fingerprint density at radius 1 is 0.857 bits per heavy atom. The lowest BCUT2D eigenvalue weighted by molar-refractivity contribution is -0.804. The quantitative estimate of drug-likeness (QED) is 0.409. The largest absolute Gasteiger partial charge is 0.512 e. The lowest BCUT2D eigenvalue weighted by Crippen LogP contribution is -3.04. The second kappa shape index (κ2) is 15.3. The summed E-state index contributed by atoms with van der Waals surface area (Å²) in [7, 11) is 0. The van der Waals surface area contributed by atoms with Gasteiger partial charge in [0.15, 0.2) is 0 Å². The molecule has 1 heterocycles. The van der Waals surface area contributed by atoms with Crippen LogP contribution in [0.3, 0.4) is 0 Å². The lowest BCUT2D eigenvalue weighted by Gasteiger charge is -2.12. The third-order valence-corrected chi connectivity index (χ3v) is 4.19. The van der Waals surface area contributed by atoms with Gasteiger partial charge in [-0.25, -0.2) is 0 Å². The maximum absolute atomic E-state index is 6.25. The molecule has 0 amide bonds. The molecule has 0 fully saturated rings. The maximum atomic E-state index is 6.25. The second-order valence-corrected chi connectivity index (χ2v) is 5.86. The molecule has 2 nitrogen and oxygen atoms in total. The number of rotatable bonds is 12.